The Balaban J connectivity index is 2.09. The van der Waals surface area contributed by atoms with Crippen molar-refractivity contribution in [3.05, 3.63) is 78.4 Å². The Bertz CT molecular complexity index is 512. The Morgan fingerprint density at radius 1 is 0.882 bits per heavy atom. The van der Waals surface area contributed by atoms with Crippen molar-refractivity contribution in [2.75, 3.05) is 0 Å². The highest BCUT2D eigenvalue weighted by atomic mass is 16.1. The second-order valence-corrected chi connectivity index (χ2v) is 3.93. The van der Waals surface area contributed by atoms with E-state index in [-0.39, 0.29) is 5.78 Å². The van der Waals surface area contributed by atoms with Gasteiger partial charge in [0.05, 0.1) is 0 Å². The van der Waals surface area contributed by atoms with Gasteiger partial charge in [0.2, 0.25) is 0 Å². The van der Waals surface area contributed by atoms with Gasteiger partial charge in [-0.15, -0.1) is 0 Å². The summed E-state index contributed by atoms with van der Waals surface area (Å²) in [6.45, 7) is 3.87. The van der Waals surface area contributed by atoms with Crippen LogP contribution in [0.3, 0.4) is 0 Å². The second kappa shape index (κ2) is 5.26. The van der Waals surface area contributed by atoms with E-state index in [1.54, 1.807) is 0 Å². The molecule has 84 valence electrons. The lowest BCUT2D eigenvalue weighted by atomic mass is 9.98. The molecule has 0 aromatic heterocycles. The lowest BCUT2D eigenvalue weighted by Crippen LogP contribution is -2.04. The molecule has 0 unspecified atom stereocenters. The number of hydrogen-bond acceptors (Lipinski definition) is 1. The molecule has 2 aromatic carbocycles. The molecule has 0 fully saturated rings. The maximum absolute atomic E-state index is 12.0. The largest absolute Gasteiger partial charge is 0.294 e. The third-order valence-corrected chi connectivity index (χ3v) is 2.67. The van der Waals surface area contributed by atoms with Gasteiger partial charge in [0.25, 0.3) is 0 Å². The summed E-state index contributed by atoms with van der Waals surface area (Å²) in [5, 5.41) is 0. The van der Waals surface area contributed by atoms with Gasteiger partial charge in [-0.3, -0.25) is 4.79 Å². The standard InChI is InChI=1S/C16H14O/c1-13(15-10-6-3-7-11-15)16(17)12-14-8-4-2-5-9-14/h2-11H,1,12H2. The summed E-state index contributed by atoms with van der Waals surface area (Å²) in [6, 6.07) is 19.3. The van der Waals surface area contributed by atoms with Crippen molar-refractivity contribution in [2.45, 2.75) is 6.42 Å². The van der Waals surface area contributed by atoms with Crippen LogP contribution in [0.25, 0.3) is 5.57 Å². The van der Waals surface area contributed by atoms with Gasteiger partial charge >= 0.3 is 0 Å². The molecular weight excluding hydrogens is 208 g/mol. The molecule has 0 saturated carbocycles. The number of hydrogen-bond donors (Lipinski definition) is 0. The molecule has 0 atom stereocenters. The monoisotopic (exact) mass is 222 g/mol. The minimum absolute atomic E-state index is 0.0717. The fourth-order valence-electron chi connectivity index (χ4n) is 1.69. The van der Waals surface area contributed by atoms with E-state index in [0.717, 1.165) is 11.1 Å². The van der Waals surface area contributed by atoms with Crippen LogP contribution in [0.1, 0.15) is 11.1 Å². The van der Waals surface area contributed by atoms with E-state index in [1.807, 2.05) is 60.7 Å². The lowest BCUT2D eigenvalue weighted by Gasteiger charge is -2.05. The van der Waals surface area contributed by atoms with Gasteiger partial charge < -0.3 is 0 Å². The van der Waals surface area contributed by atoms with E-state index in [1.165, 1.54) is 0 Å². The Labute approximate surface area is 101 Å². The van der Waals surface area contributed by atoms with E-state index in [9.17, 15) is 4.79 Å². The summed E-state index contributed by atoms with van der Waals surface area (Å²) in [5.41, 5.74) is 2.50. The number of ketones is 1. The summed E-state index contributed by atoms with van der Waals surface area (Å²) >= 11 is 0. The average Bonchev–Trinajstić information content (AvgIpc) is 2.40. The zero-order chi connectivity index (χ0) is 12.1. The molecule has 0 aliphatic rings. The third kappa shape index (κ3) is 2.91. The first kappa shape index (κ1) is 11.3. The molecule has 1 heteroatoms. The van der Waals surface area contributed by atoms with Crippen molar-refractivity contribution in [3.8, 4) is 0 Å². The maximum Gasteiger partial charge on any atom is 0.167 e. The van der Waals surface area contributed by atoms with Gasteiger partial charge in [-0.25, -0.2) is 0 Å². The van der Waals surface area contributed by atoms with Crippen molar-refractivity contribution < 1.29 is 4.79 Å². The van der Waals surface area contributed by atoms with E-state index in [4.69, 9.17) is 0 Å². The van der Waals surface area contributed by atoms with Gasteiger partial charge in [0.15, 0.2) is 5.78 Å². The third-order valence-electron chi connectivity index (χ3n) is 2.67. The number of Topliss-reactive ketones (excluding diaryl/α,β-unsaturated/α-hetero) is 1. The summed E-state index contributed by atoms with van der Waals surface area (Å²) in [6.07, 6.45) is 0.411. The maximum atomic E-state index is 12.0. The van der Waals surface area contributed by atoms with Crippen molar-refractivity contribution >= 4 is 11.4 Å². The van der Waals surface area contributed by atoms with Crippen LogP contribution in [0.5, 0.6) is 0 Å². The number of carbonyl (C=O) groups excluding carboxylic acids is 1. The van der Waals surface area contributed by atoms with Gasteiger partial charge in [-0.2, -0.15) is 0 Å². The first-order chi connectivity index (χ1) is 8.27. The quantitative estimate of drug-likeness (QED) is 0.723. The van der Waals surface area contributed by atoms with Crippen LogP contribution in [0, 0.1) is 0 Å². The number of benzene rings is 2. The minimum Gasteiger partial charge on any atom is -0.294 e. The lowest BCUT2D eigenvalue weighted by molar-refractivity contribution is -0.113. The molecule has 0 saturated heterocycles. The van der Waals surface area contributed by atoms with E-state index >= 15 is 0 Å². The molecule has 0 heterocycles. The smallest absolute Gasteiger partial charge is 0.167 e. The Hall–Kier alpha value is -2.15. The molecule has 0 N–H and O–H groups in total. The first-order valence-electron chi connectivity index (χ1n) is 5.59. The predicted octanol–water partition coefficient (Wildman–Crippen LogP) is 3.51. The van der Waals surface area contributed by atoms with Crippen LogP contribution in [0.2, 0.25) is 0 Å². The second-order valence-electron chi connectivity index (χ2n) is 3.93. The SMILES string of the molecule is C=C(C(=O)Cc1ccccc1)c1ccccc1. The fourth-order valence-corrected chi connectivity index (χ4v) is 1.69. The fraction of sp³-hybridized carbons (Fsp3) is 0.0625. The van der Waals surface area contributed by atoms with Crippen LogP contribution in [-0.4, -0.2) is 5.78 Å². The topological polar surface area (TPSA) is 17.1 Å². The zero-order valence-electron chi connectivity index (χ0n) is 9.60. The van der Waals surface area contributed by atoms with Crippen LogP contribution < -0.4 is 0 Å². The first-order valence-corrected chi connectivity index (χ1v) is 5.59. The Morgan fingerprint density at radius 2 is 1.41 bits per heavy atom. The molecule has 2 aromatic rings. The molecule has 0 spiro atoms. The summed E-state index contributed by atoms with van der Waals surface area (Å²) < 4.78 is 0. The van der Waals surface area contributed by atoms with Crippen molar-refractivity contribution in [3.63, 3.8) is 0 Å². The van der Waals surface area contributed by atoms with E-state index < -0.39 is 0 Å². The molecule has 17 heavy (non-hydrogen) atoms. The molecule has 0 aliphatic heterocycles. The van der Waals surface area contributed by atoms with E-state index in [0.29, 0.717) is 12.0 Å². The van der Waals surface area contributed by atoms with Crippen LogP contribution in [0.4, 0.5) is 0 Å². The summed E-state index contributed by atoms with van der Waals surface area (Å²) in [5.74, 6) is 0.0717. The Morgan fingerprint density at radius 3 is 2.00 bits per heavy atom. The highest BCUT2D eigenvalue weighted by Crippen LogP contribution is 2.15. The van der Waals surface area contributed by atoms with Gasteiger partial charge in [0.1, 0.15) is 0 Å². The van der Waals surface area contributed by atoms with E-state index in [2.05, 4.69) is 6.58 Å². The summed E-state index contributed by atoms with van der Waals surface area (Å²) in [7, 11) is 0. The number of rotatable bonds is 4. The van der Waals surface area contributed by atoms with Crippen molar-refractivity contribution in [1.29, 1.82) is 0 Å². The van der Waals surface area contributed by atoms with Gasteiger partial charge in [0, 0.05) is 12.0 Å². The highest BCUT2D eigenvalue weighted by Gasteiger charge is 2.09. The minimum atomic E-state index is 0.0717. The normalized spacial score (nSPS) is 9.88. The average molecular weight is 222 g/mol. The molecule has 2 rings (SSSR count). The van der Waals surface area contributed by atoms with Crippen LogP contribution >= 0.6 is 0 Å². The number of allylic oxidation sites excluding steroid dienone is 1. The van der Waals surface area contributed by atoms with Crippen LogP contribution in [-0.2, 0) is 11.2 Å². The molecule has 1 nitrogen and oxygen atoms in total. The Kier molecular flexibility index (Phi) is 3.51. The molecule has 0 amide bonds. The van der Waals surface area contributed by atoms with Gasteiger partial charge in [-0.05, 0) is 11.1 Å². The van der Waals surface area contributed by atoms with Crippen molar-refractivity contribution in [2.24, 2.45) is 0 Å². The molecular formula is C16H14O. The highest BCUT2D eigenvalue weighted by molar-refractivity contribution is 6.20. The summed E-state index contributed by atoms with van der Waals surface area (Å²) in [4.78, 5) is 12.0. The molecule has 0 radical (unpaired) electrons. The number of carbonyl (C=O) groups is 1. The predicted molar refractivity (Wildman–Crippen MR) is 70.6 cm³/mol. The van der Waals surface area contributed by atoms with Gasteiger partial charge in [-0.1, -0.05) is 67.2 Å². The molecule has 0 bridgehead atoms. The van der Waals surface area contributed by atoms with Crippen LogP contribution in [0.15, 0.2) is 67.2 Å². The van der Waals surface area contributed by atoms with Crippen molar-refractivity contribution in [1.82, 2.24) is 0 Å². The molecule has 0 aliphatic carbocycles. The zero-order valence-corrected chi connectivity index (χ0v) is 9.60.